The summed E-state index contributed by atoms with van der Waals surface area (Å²) in [6.45, 7) is 1.56. The van der Waals surface area contributed by atoms with Crippen LogP contribution in [0, 0.1) is 0 Å². The van der Waals surface area contributed by atoms with Gasteiger partial charge in [0.25, 0.3) is 0 Å². The van der Waals surface area contributed by atoms with E-state index >= 15 is 0 Å². The van der Waals surface area contributed by atoms with E-state index in [0.29, 0.717) is 11.5 Å². The van der Waals surface area contributed by atoms with E-state index in [1.807, 2.05) is 6.07 Å². The van der Waals surface area contributed by atoms with Crippen molar-refractivity contribution in [2.75, 3.05) is 20.8 Å². The van der Waals surface area contributed by atoms with Crippen LogP contribution in [0.15, 0.2) is 42.5 Å². The Morgan fingerprint density at radius 2 is 1.82 bits per heavy atom. The average Bonchev–Trinajstić information content (AvgIpc) is 3.20. The third kappa shape index (κ3) is 3.57. The van der Waals surface area contributed by atoms with E-state index in [2.05, 4.69) is 6.07 Å². The molecule has 0 radical (unpaired) electrons. The van der Waals surface area contributed by atoms with E-state index in [1.54, 1.807) is 37.4 Å². The topological polar surface area (TPSA) is 94.5 Å². The van der Waals surface area contributed by atoms with Crippen LogP contribution in [0.25, 0.3) is 11.1 Å². The number of fused-ring (bicyclic) bond motifs is 5. The molecule has 3 aromatic rings. The Morgan fingerprint density at radius 1 is 1.03 bits per heavy atom. The maximum atomic E-state index is 11.6. The summed E-state index contributed by atoms with van der Waals surface area (Å²) in [5.74, 6) is 1.40. The molecule has 2 unspecified atom stereocenters. The molecule has 2 atom stereocenters. The summed E-state index contributed by atoms with van der Waals surface area (Å²) >= 11 is 0. The minimum absolute atomic E-state index is 0.0441. The van der Waals surface area contributed by atoms with Crippen LogP contribution in [-0.4, -0.2) is 37.0 Å². The Bertz CT molecular complexity index is 1260. The Morgan fingerprint density at radius 3 is 2.56 bits per heavy atom. The van der Waals surface area contributed by atoms with Crippen LogP contribution in [0.1, 0.15) is 41.2 Å². The molecule has 0 fully saturated rings. The van der Waals surface area contributed by atoms with Gasteiger partial charge in [0, 0.05) is 29.7 Å². The number of phenolic OH excluding ortho intramolecular Hbond substituents is 2. The highest BCUT2D eigenvalue weighted by Crippen LogP contribution is 2.53. The Labute approximate surface area is 197 Å². The number of rotatable bonds is 5. The molecule has 0 aromatic heterocycles. The molecule has 0 saturated carbocycles. The van der Waals surface area contributed by atoms with Crippen LogP contribution in [0.5, 0.6) is 28.7 Å². The molecule has 7 heteroatoms. The zero-order chi connectivity index (χ0) is 24.0. The molecular weight excluding hydrogens is 436 g/mol. The van der Waals surface area contributed by atoms with Crippen LogP contribution in [0.3, 0.4) is 0 Å². The fourth-order valence-electron chi connectivity index (χ4n) is 5.07. The van der Waals surface area contributed by atoms with Crippen LogP contribution >= 0.6 is 0 Å². The summed E-state index contributed by atoms with van der Waals surface area (Å²) in [6.07, 6.45) is 1.06. The molecule has 3 aromatic carbocycles. The van der Waals surface area contributed by atoms with Gasteiger partial charge in [-0.2, -0.15) is 0 Å². The molecule has 7 nitrogen and oxygen atoms in total. The summed E-state index contributed by atoms with van der Waals surface area (Å²) in [6, 6.07) is 12.6. The lowest BCUT2D eigenvalue weighted by Gasteiger charge is -2.24. The second-order valence-corrected chi connectivity index (χ2v) is 8.57. The molecular formula is C27H26O7. The summed E-state index contributed by atoms with van der Waals surface area (Å²) in [5, 5.41) is 20.1. The van der Waals surface area contributed by atoms with Gasteiger partial charge in [0.1, 0.15) is 30.0 Å². The zero-order valence-corrected chi connectivity index (χ0v) is 19.3. The van der Waals surface area contributed by atoms with Gasteiger partial charge in [-0.1, -0.05) is 18.2 Å². The van der Waals surface area contributed by atoms with E-state index in [9.17, 15) is 15.0 Å². The van der Waals surface area contributed by atoms with Gasteiger partial charge in [-0.05, 0) is 47.7 Å². The first-order valence-corrected chi connectivity index (χ1v) is 11.1. The number of hydrogen-bond donors (Lipinski definition) is 2. The average molecular weight is 462 g/mol. The predicted molar refractivity (Wildman–Crippen MR) is 125 cm³/mol. The van der Waals surface area contributed by atoms with Crippen molar-refractivity contribution in [2.24, 2.45) is 0 Å². The maximum Gasteiger partial charge on any atom is 0.302 e. The number of ether oxygens (including phenoxy) is 4. The number of carbonyl (C=O) groups is 1. The van der Waals surface area contributed by atoms with E-state index < -0.39 is 6.10 Å². The lowest BCUT2D eigenvalue weighted by molar-refractivity contribution is -0.141. The Hall–Kier alpha value is -3.87. The highest BCUT2D eigenvalue weighted by Gasteiger charge is 2.40. The summed E-state index contributed by atoms with van der Waals surface area (Å²) in [5.41, 5.74) is 5.84. The number of methoxy groups -OCH3 is 2. The van der Waals surface area contributed by atoms with Crippen molar-refractivity contribution in [3.05, 3.63) is 64.7 Å². The first-order valence-electron chi connectivity index (χ1n) is 11.1. The Balaban J connectivity index is 1.62. The van der Waals surface area contributed by atoms with Crippen molar-refractivity contribution >= 4 is 5.97 Å². The van der Waals surface area contributed by atoms with Crippen molar-refractivity contribution in [3.63, 3.8) is 0 Å². The molecule has 34 heavy (non-hydrogen) atoms. The summed E-state index contributed by atoms with van der Waals surface area (Å²) < 4.78 is 22.9. The van der Waals surface area contributed by atoms with Crippen molar-refractivity contribution in [1.82, 2.24) is 0 Å². The summed E-state index contributed by atoms with van der Waals surface area (Å²) in [7, 11) is 3.09. The van der Waals surface area contributed by atoms with E-state index in [4.69, 9.17) is 18.9 Å². The largest absolute Gasteiger partial charge is 0.508 e. The van der Waals surface area contributed by atoms with Crippen LogP contribution in [-0.2, 0) is 22.4 Å². The first-order chi connectivity index (χ1) is 16.4. The van der Waals surface area contributed by atoms with Gasteiger partial charge in [0.15, 0.2) is 11.5 Å². The van der Waals surface area contributed by atoms with Gasteiger partial charge in [-0.3, -0.25) is 4.79 Å². The van der Waals surface area contributed by atoms with Gasteiger partial charge < -0.3 is 29.2 Å². The van der Waals surface area contributed by atoms with Gasteiger partial charge in [0.2, 0.25) is 0 Å². The summed E-state index contributed by atoms with van der Waals surface area (Å²) in [4.78, 5) is 11.6. The van der Waals surface area contributed by atoms with Gasteiger partial charge in [0.05, 0.1) is 20.1 Å². The fraction of sp³-hybridized carbons (Fsp3) is 0.296. The third-order valence-corrected chi connectivity index (χ3v) is 6.60. The zero-order valence-electron chi connectivity index (χ0n) is 19.3. The number of phenols is 2. The highest BCUT2D eigenvalue weighted by atomic mass is 16.5. The van der Waals surface area contributed by atoms with Gasteiger partial charge in [-0.25, -0.2) is 0 Å². The van der Waals surface area contributed by atoms with Crippen molar-refractivity contribution in [1.29, 1.82) is 0 Å². The highest BCUT2D eigenvalue weighted by molar-refractivity contribution is 5.82. The smallest absolute Gasteiger partial charge is 0.302 e. The van der Waals surface area contributed by atoms with Crippen molar-refractivity contribution < 1.29 is 34.0 Å². The van der Waals surface area contributed by atoms with Crippen LogP contribution < -0.4 is 14.2 Å². The lowest BCUT2D eigenvalue weighted by Crippen LogP contribution is -2.17. The number of aryl methyl sites for hydroxylation is 1. The SMILES string of the molecule is COc1cc(C2Oc3c(ccc4c3CCc3cc(O)cc(OC)c3-4)C2COC(C)=O)ccc1O. The maximum absolute atomic E-state index is 11.6. The molecule has 2 aliphatic rings. The Kier molecular flexibility index (Phi) is 5.48. The standard InChI is InChI=1S/C27H26O7/c1-14(28)33-13-21-20-8-7-18-19(6-4-15-10-17(29)12-24(32-3)25(15)18)27(20)34-26(21)16-5-9-22(30)23(11-16)31-2/h5,7-12,21,26,29-30H,4,6,13H2,1-3H3. The van der Waals surface area contributed by atoms with Crippen LogP contribution in [0.4, 0.5) is 0 Å². The molecule has 0 saturated heterocycles. The number of aromatic hydroxyl groups is 2. The molecule has 0 bridgehead atoms. The van der Waals surface area contributed by atoms with Gasteiger partial charge in [-0.15, -0.1) is 0 Å². The minimum atomic E-state index is -0.418. The number of benzene rings is 3. The molecule has 1 aliphatic carbocycles. The minimum Gasteiger partial charge on any atom is -0.508 e. The number of esters is 1. The second kappa shape index (κ2) is 8.48. The van der Waals surface area contributed by atoms with Crippen molar-refractivity contribution in [3.8, 4) is 39.9 Å². The number of carbonyl (C=O) groups excluding carboxylic acids is 1. The quantitative estimate of drug-likeness (QED) is 0.533. The fourth-order valence-corrected chi connectivity index (χ4v) is 5.07. The predicted octanol–water partition coefficient (Wildman–Crippen LogP) is 4.66. The van der Waals surface area contributed by atoms with Crippen molar-refractivity contribution in [2.45, 2.75) is 31.8 Å². The monoisotopic (exact) mass is 462 g/mol. The van der Waals surface area contributed by atoms with Gasteiger partial charge >= 0.3 is 5.97 Å². The second-order valence-electron chi connectivity index (χ2n) is 8.57. The first kappa shape index (κ1) is 21.9. The van der Waals surface area contributed by atoms with Crippen LogP contribution in [0.2, 0.25) is 0 Å². The number of hydrogen-bond acceptors (Lipinski definition) is 7. The molecule has 2 N–H and O–H groups in total. The van der Waals surface area contributed by atoms with E-state index in [1.165, 1.54) is 14.0 Å². The molecule has 0 amide bonds. The molecule has 0 spiro atoms. The molecule has 1 aliphatic heterocycles. The van der Waals surface area contributed by atoms with E-state index in [-0.39, 0.29) is 30.0 Å². The third-order valence-electron chi connectivity index (χ3n) is 6.60. The van der Waals surface area contributed by atoms with E-state index in [0.717, 1.165) is 52.0 Å². The molecule has 5 rings (SSSR count). The normalized spacial score (nSPS) is 17.7. The molecule has 1 heterocycles. The lowest BCUT2D eigenvalue weighted by atomic mass is 9.82. The molecule has 176 valence electrons.